The van der Waals surface area contributed by atoms with Crippen LogP contribution in [0.25, 0.3) is 0 Å². The van der Waals surface area contributed by atoms with Crippen LogP contribution >= 0.6 is 11.6 Å². The molecule has 2 aromatic heterocycles. The van der Waals surface area contributed by atoms with Crippen LogP contribution < -0.4 is 5.73 Å². The first-order valence-corrected chi connectivity index (χ1v) is 7.02. The van der Waals surface area contributed by atoms with Crippen LogP contribution in [0, 0.1) is 0 Å². The number of nitrogens with zero attached hydrogens (tertiary/aromatic N) is 4. The second-order valence-corrected chi connectivity index (χ2v) is 4.83. The summed E-state index contributed by atoms with van der Waals surface area (Å²) in [6, 6.07) is 0. The first kappa shape index (κ1) is 14.1. The van der Waals surface area contributed by atoms with Crippen molar-refractivity contribution in [2.45, 2.75) is 39.8 Å². The Morgan fingerprint density at radius 2 is 2.16 bits per heavy atom. The molecule has 6 heteroatoms. The van der Waals surface area contributed by atoms with E-state index in [-0.39, 0.29) is 0 Å². The standard InChI is InChI=1S/C13H20ClN5/c1-3-11-13(14)12(19(4-2)17-11)8-18-7-10(5-6-15)16-9-18/h7,9H,3-6,8,15H2,1-2H3. The van der Waals surface area contributed by atoms with Gasteiger partial charge in [-0.2, -0.15) is 5.10 Å². The molecule has 0 spiro atoms. The second kappa shape index (κ2) is 6.21. The maximum Gasteiger partial charge on any atom is 0.0953 e. The zero-order valence-corrected chi connectivity index (χ0v) is 12.2. The number of aryl methyl sites for hydroxylation is 2. The normalized spacial score (nSPS) is 11.2. The molecule has 0 radical (unpaired) electrons. The third kappa shape index (κ3) is 2.98. The van der Waals surface area contributed by atoms with Gasteiger partial charge >= 0.3 is 0 Å². The van der Waals surface area contributed by atoms with Gasteiger partial charge in [-0.1, -0.05) is 18.5 Å². The van der Waals surface area contributed by atoms with Crippen LogP contribution in [0.3, 0.4) is 0 Å². The van der Waals surface area contributed by atoms with Gasteiger partial charge < -0.3 is 10.3 Å². The highest BCUT2D eigenvalue weighted by Crippen LogP contribution is 2.22. The van der Waals surface area contributed by atoms with Crippen molar-refractivity contribution >= 4 is 11.6 Å². The van der Waals surface area contributed by atoms with Crippen molar-refractivity contribution in [2.75, 3.05) is 6.54 Å². The fourth-order valence-corrected chi connectivity index (χ4v) is 2.44. The molecule has 0 aliphatic carbocycles. The zero-order valence-electron chi connectivity index (χ0n) is 11.4. The minimum Gasteiger partial charge on any atom is -0.331 e. The summed E-state index contributed by atoms with van der Waals surface area (Å²) in [6.07, 6.45) is 5.48. The number of hydrogen-bond donors (Lipinski definition) is 1. The van der Waals surface area contributed by atoms with E-state index in [9.17, 15) is 0 Å². The van der Waals surface area contributed by atoms with Crippen molar-refractivity contribution < 1.29 is 0 Å². The highest BCUT2D eigenvalue weighted by Gasteiger charge is 2.14. The van der Waals surface area contributed by atoms with E-state index in [0.717, 1.165) is 41.5 Å². The van der Waals surface area contributed by atoms with Crippen LogP contribution in [-0.4, -0.2) is 25.9 Å². The van der Waals surface area contributed by atoms with Gasteiger partial charge in [-0.25, -0.2) is 4.98 Å². The number of hydrogen-bond acceptors (Lipinski definition) is 3. The molecule has 0 amide bonds. The van der Waals surface area contributed by atoms with Gasteiger partial charge in [-0.05, 0) is 19.9 Å². The molecule has 5 nitrogen and oxygen atoms in total. The summed E-state index contributed by atoms with van der Waals surface area (Å²) in [4.78, 5) is 4.32. The van der Waals surface area contributed by atoms with Gasteiger partial charge in [-0.15, -0.1) is 0 Å². The van der Waals surface area contributed by atoms with Gasteiger partial charge in [0.1, 0.15) is 0 Å². The fourth-order valence-electron chi connectivity index (χ4n) is 2.11. The quantitative estimate of drug-likeness (QED) is 0.879. The molecule has 0 unspecified atom stereocenters. The predicted molar refractivity (Wildman–Crippen MR) is 76.4 cm³/mol. The van der Waals surface area contributed by atoms with Crippen LogP contribution in [0.1, 0.15) is 30.9 Å². The van der Waals surface area contributed by atoms with Gasteiger partial charge in [-0.3, -0.25) is 4.68 Å². The van der Waals surface area contributed by atoms with E-state index in [1.54, 1.807) is 0 Å². The van der Waals surface area contributed by atoms with E-state index in [1.165, 1.54) is 0 Å². The Kier molecular flexibility index (Phi) is 4.61. The molecular formula is C13H20ClN5. The van der Waals surface area contributed by atoms with Crippen LogP contribution in [-0.2, 0) is 25.9 Å². The summed E-state index contributed by atoms with van der Waals surface area (Å²) in [7, 11) is 0. The van der Waals surface area contributed by atoms with Gasteiger partial charge in [0.15, 0.2) is 0 Å². The lowest BCUT2D eigenvalue weighted by molar-refractivity contribution is 0.594. The Bertz CT molecular complexity index is 543. The van der Waals surface area contributed by atoms with Crippen molar-refractivity contribution in [1.29, 1.82) is 0 Å². The summed E-state index contributed by atoms with van der Waals surface area (Å²) in [5.41, 5.74) is 8.54. The number of aromatic nitrogens is 4. The van der Waals surface area contributed by atoms with E-state index in [1.807, 2.05) is 21.8 Å². The van der Waals surface area contributed by atoms with Gasteiger partial charge in [0.25, 0.3) is 0 Å². The second-order valence-electron chi connectivity index (χ2n) is 4.45. The van der Waals surface area contributed by atoms with Crippen molar-refractivity contribution in [2.24, 2.45) is 5.73 Å². The highest BCUT2D eigenvalue weighted by molar-refractivity contribution is 6.31. The fraction of sp³-hybridized carbons (Fsp3) is 0.538. The highest BCUT2D eigenvalue weighted by atomic mass is 35.5. The maximum atomic E-state index is 6.39. The molecule has 104 valence electrons. The molecule has 0 bridgehead atoms. The predicted octanol–water partition coefficient (Wildman–Crippen LogP) is 1.86. The van der Waals surface area contributed by atoms with E-state index >= 15 is 0 Å². The lowest BCUT2D eigenvalue weighted by atomic mass is 10.3. The van der Waals surface area contributed by atoms with Crippen molar-refractivity contribution in [3.63, 3.8) is 0 Å². The molecule has 2 aromatic rings. The SMILES string of the molecule is CCc1nn(CC)c(Cn2cnc(CCN)c2)c1Cl. The smallest absolute Gasteiger partial charge is 0.0953 e. The molecule has 2 heterocycles. The topological polar surface area (TPSA) is 61.7 Å². The van der Waals surface area contributed by atoms with Crippen molar-refractivity contribution in [3.8, 4) is 0 Å². The molecule has 0 atom stereocenters. The summed E-state index contributed by atoms with van der Waals surface area (Å²) < 4.78 is 3.99. The number of halogens is 1. The zero-order chi connectivity index (χ0) is 13.8. The van der Waals surface area contributed by atoms with Crippen LogP contribution in [0.15, 0.2) is 12.5 Å². The molecule has 2 rings (SSSR count). The Hall–Kier alpha value is -1.33. The number of imidazole rings is 1. The number of nitrogens with two attached hydrogens (primary N) is 1. The lowest BCUT2D eigenvalue weighted by Gasteiger charge is -2.05. The minimum atomic E-state index is 0.616. The third-order valence-corrected chi connectivity index (χ3v) is 3.55. The summed E-state index contributed by atoms with van der Waals surface area (Å²) >= 11 is 6.39. The maximum absolute atomic E-state index is 6.39. The average molecular weight is 282 g/mol. The Morgan fingerprint density at radius 1 is 1.37 bits per heavy atom. The molecule has 0 fully saturated rings. The van der Waals surface area contributed by atoms with Gasteiger partial charge in [0, 0.05) is 19.2 Å². The van der Waals surface area contributed by atoms with E-state index < -0.39 is 0 Å². The Labute approximate surface area is 118 Å². The molecule has 0 aliphatic rings. The van der Waals surface area contributed by atoms with Crippen molar-refractivity contribution in [1.82, 2.24) is 19.3 Å². The molecule has 0 saturated heterocycles. The van der Waals surface area contributed by atoms with Gasteiger partial charge in [0.2, 0.25) is 0 Å². The Balaban J connectivity index is 2.23. The van der Waals surface area contributed by atoms with E-state index in [4.69, 9.17) is 17.3 Å². The minimum absolute atomic E-state index is 0.616. The molecular weight excluding hydrogens is 262 g/mol. The van der Waals surface area contributed by atoms with Crippen LogP contribution in [0.4, 0.5) is 0 Å². The van der Waals surface area contributed by atoms with E-state index in [0.29, 0.717) is 13.1 Å². The molecule has 0 aromatic carbocycles. The summed E-state index contributed by atoms with van der Waals surface area (Å²) in [6.45, 7) is 6.26. The lowest BCUT2D eigenvalue weighted by Crippen LogP contribution is -2.07. The molecule has 0 aliphatic heterocycles. The number of rotatable bonds is 6. The third-order valence-electron chi connectivity index (χ3n) is 3.11. The Morgan fingerprint density at radius 3 is 2.79 bits per heavy atom. The largest absolute Gasteiger partial charge is 0.331 e. The first-order valence-electron chi connectivity index (χ1n) is 6.64. The molecule has 2 N–H and O–H groups in total. The molecule has 0 saturated carbocycles. The summed E-state index contributed by atoms with van der Waals surface area (Å²) in [5, 5.41) is 5.29. The van der Waals surface area contributed by atoms with Crippen LogP contribution in [0.5, 0.6) is 0 Å². The first-order chi connectivity index (χ1) is 9.19. The average Bonchev–Trinajstić information content (AvgIpc) is 2.97. The van der Waals surface area contributed by atoms with Gasteiger partial charge in [0.05, 0.1) is 35.0 Å². The summed E-state index contributed by atoms with van der Waals surface area (Å²) in [5.74, 6) is 0. The van der Waals surface area contributed by atoms with Crippen LogP contribution in [0.2, 0.25) is 5.02 Å². The monoisotopic (exact) mass is 281 g/mol. The molecule has 19 heavy (non-hydrogen) atoms. The van der Waals surface area contributed by atoms with Crippen molar-refractivity contribution in [3.05, 3.63) is 34.6 Å². The van der Waals surface area contributed by atoms with E-state index in [2.05, 4.69) is 23.9 Å².